The SMILES string of the molecule is CCc1occc(=O)c1Oc1nc(Nc2ccc(OC)c(Cl)c2)nc(NC2CCCCCC2)n1. The van der Waals surface area contributed by atoms with Crippen molar-refractivity contribution in [3.8, 4) is 17.5 Å². The van der Waals surface area contributed by atoms with Crippen molar-refractivity contribution in [3.63, 3.8) is 0 Å². The normalized spacial score (nSPS) is 14.3. The van der Waals surface area contributed by atoms with Gasteiger partial charge in [-0.25, -0.2) is 0 Å². The summed E-state index contributed by atoms with van der Waals surface area (Å²) in [7, 11) is 1.56. The van der Waals surface area contributed by atoms with Gasteiger partial charge in [-0.05, 0) is 31.0 Å². The van der Waals surface area contributed by atoms with Gasteiger partial charge in [-0.2, -0.15) is 15.0 Å². The number of aryl methyl sites for hydroxylation is 1. The molecule has 0 spiro atoms. The van der Waals surface area contributed by atoms with E-state index in [0.29, 0.717) is 34.6 Å². The van der Waals surface area contributed by atoms with Crippen molar-refractivity contribution in [3.05, 3.63) is 51.5 Å². The molecule has 180 valence electrons. The van der Waals surface area contributed by atoms with E-state index in [0.717, 1.165) is 25.7 Å². The maximum atomic E-state index is 12.4. The lowest BCUT2D eigenvalue weighted by Gasteiger charge is -2.17. The molecule has 1 fully saturated rings. The number of hydrogen-bond donors (Lipinski definition) is 2. The van der Waals surface area contributed by atoms with E-state index in [1.54, 1.807) is 25.3 Å². The van der Waals surface area contributed by atoms with Gasteiger partial charge in [0.2, 0.25) is 23.1 Å². The predicted octanol–water partition coefficient (Wildman–Crippen LogP) is 5.72. The molecule has 0 saturated heterocycles. The first kappa shape index (κ1) is 23.8. The number of nitrogens with one attached hydrogen (secondary N) is 2. The molecule has 0 radical (unpaired) electrons. The molecule has 3 aromatic rings. The van der Waals surface area contributed by atoms with Gasteiger partial charge in [0, 0.05) is 24.2 Å². The van der Waals surface area contributed by atoms with Crippen LogP contribution in [0.4, 0.5) is 17.6 Å². The zero-order chi connectivity index (χ0) is 23.9. The highest BCUT2D eigenvalue weighted by atomic mass is 35.5. The fourth-order valence-corrected chi connectivity index (χ4v) is 4.15. The Kier molecular flexibility index (Phi) is 7.84. The van der Waals surface area contributed by atoms with E-state index in [1.807, 2.05) is 6.92 Å². The van der Waals surface area contributed by atoms with Crippen LogP contribution in [0.15, 0.2) is 39.7 Å². The van der Waals surface area contributed by atoms with Crippen LogP contribution >= 0.6 is 11.6 Å². The summed E-state index contributed by atoms with van der Waals surface area (Å²) >= 11 is 6.26. The zero-order valence-electron chi connectivity index (χ0n) is 19.3. The van der Waals surface area contributed by atoms with Crippen molar-refractivity contribution in [1.82, 2.24) is 15.0 Å². The largest absolute Gasteiger partial charge is 0.495 e. The van der Waals surface area contributed by atoms with Gasteiger partial charge in [0.15, 0.2) is 0 Å². The summed E-state index contributed by atoms with van der Waals surface area (Å²) in [5, 5.41) is 7.00. The average molecular weight is 486 g/mol. The van der Waals surface area contributed by atoms with Crippen LogP contribution in [-0.2, 0) is 6.42 Å². The monoisotopic (exact) mass is 485 g/mol. The summed E-state index contributed by atoms with van der Waals surface area (Å²) in [4.78, 5) is 25.7. The smallest absolute Gasteiger partial charge is 0.328 e. The van der Waals surface area contributed by atoms with E-state index in [9.17, 15) is 4.79 Å². The summed E-state index contributed by atoms with van der Waals surface area (Å²) < 4.78 is 16.5. The van der Waals surface area contributed by atoms with Gasteiger partial charge in [-0.15, -0.1) is 0 Å². The summed E-state index contributed by atoms with van der Waals surface area (Å²) in [5.41, 5.74) is 0.357. The molecular weight excluding hydrogens is 458 g/mol. The molecule has 2 heterocycles. The highest BCUT2D eigenvalue weighted by Gasteiger charge is 2.18. The first-order valence-electron chi connectivity index (χ1n) is 11.5. The molecule has 0 atom stereocenters. The van der Waals surface area contributed by atoms with Crippen LogP contribution in [0.2, 0.25) is 5.02 Å². The number of halogens is 1. The van der Waals surface area contributed by atoms with Crippen LogP contribution in [0, 0.1) is 0 Å². The van der Waals surface area contributed by atoms with Crippen molar-refractivity contribution < 1.29 is 13.9 Å². The molecular formula is C24H28ClN5O4. The summed E-state index contributed by atoms with van der Waals surface area (Å²) in [6.45, 7) is 1.87. The number of rotatable bonds is 8. The third kappa shape index (κ3) is 5.96. The molecule has 10 heteroatoms. The Morgan fingerprint density at radius 3 is 2.56 bits per heavy atom. The molecule has 0 bridgehead atoms. The maximum absolute atomic E-state index is 12.4. The molecule has 0 aliphatic heterocycles. The Morgan fingerprint density at radius 2 is 1.85 bits per heavy atom. The molecule has 9 nitrogen and oxygen atoms in total. The Balaban J connectivity index is 1.66. The number of nitrogens with zero attached hydrogens (tertiary/aromatic N) is 3. The van der Waals surface area contributed by atoms with E-state index in [-0.39, 0.29) is 29.2 Å². The minimum absolute atomic E-state index is 0.0126. The average Bonchev–Trinajstić information content (AvgIpc) is 3.09. The number of ether oxygens (including phenoxy) is 2. The zero-order valence-corrected chi connectivity index (χ0v) is 20.0. The van der Waals surface area contributed by atoms with Crippen LogP contribution in [0.25, 0.3) is 0 Å². The predicted molar refractivity (Wildman–Crippen MR) is 131 cm³/mol. The van der Waals surface area contributed by atoms with Gasteiger partial charge in [0.25, 0.3) is 0 Å². The van der Waals surface area contributed by atoms with Gasteiger partial charge in [0.05, 0.1) is 18.4 Å². The fourth-order valence-electron chi connectivity index (χ4n) is 3.89. The van der Waals surface area contributed by atoms with Crippen LogP contribution in [0.5, 0.6) is 17.5 Å². The van der Waals surface area contributed by atoms with Crippen LogP contribution < -0.4 is 25.5 Å². The van der Waals surface area contributed by atoms with E-state index in [2.05, 4.69) is 25.6 Å². The first-order valence-corrected chi connectivity index (χ1v) is 11.8. The standard InChI is InChI=1S/C24H28ClN5O4/c1-3-19-21(18(31)12-13-33-19)34-24-29-22(26-15-8-6-4-5-7-9-15)28-23(30-24)27-16-10-11-20(32-2)17(25)14-16/h10-15H,3-9H2,1-2H3,(H2,26,27,28,29,30). The van der Waals surface area contributed by atoms with Crippen molar-refractivity contribution in [2.75, 3.05) is 17.7 Å². The second-order valence-electron chi connectivity index (χ2n) is 8.07. The molecule has 34 heavy (non-hydrogen) atoms. The lowest BCUT2D eigenvalue weighted by atomic mass is 10.1. The topological polar surface area (TPSA) is 111 Å². The third-order valence-corrected chi connectivity index (χ3v) is 5.93. The Hall–Kier alpha value is -3.33. The second kappa shape index (κ2) is 11.2. The molecule has 1 aliphatic carbocycles. The summed E-state index contributed by atoms with van der Waals surface area (Å²) in [6.07, 6.45) is 8.71. The highest BCUT2D eigenvalue weighted by molar-refractivity contribution is 6.32. The van der Waals surface area contributed by atoms with Gasteiger partial charge in [-0.3, -0.25) is 4.79 Å². The van der Waals surface area contributed by atoms with Crippen molar-refractivity contribution >= 4 is 29.2 Å². The van der Waals surface area contributed by atoms with Crippen LogP contribution in [0.3, 0.4) is 0 Å². The van der Waals surface area contributed by atoms with E-state index in [4.69, 9.17) is 25.5 Å². The molecule has 4 rings (SSSR count). The highest BCUT2D eigenvalue weighted by Crippen LogP contribution is 2.29. The number of hydrogen-bond acceptors (Lipinski definition) is 9. The Bertz CT molecular complexity index is 1180. The number of anilines is 3. The van der Waals surface area contributed by atoms with Crippen molar-refractivity contribution in [2.24, 2.45) is 0 Å². The number of methoxy groups -OCH3 is 1. The maximum Gasteiger partial charge on any atom is 0.328 e. The molecule has 1 aliphatic rings. The quantitative estimate of drug-likeness (QED) is 0.387. The first-order chi connectivity index (χ1) is 16.6. The minimum atomic E-state index is -0.307. The lowest BCUT2D eigenvalue weighted by Crippen LogP contribution is -2.21. The van der Waals surface area contributed by atoms with Gasteiger partial charge in [-0.1, -0.05) is 44.2 Å². The Labute approximate surface area is 202 Å². The minimum Gasteiger partial charge on any atom is -0.495 e. The molecule has 1 saturated carbocycles. The summed E-state index contributed by atoms with van der Waals surface area (Å²) in [6, 6.07) is 6.81. The molecule has 0 unspecified atom stereocenters. The Morgan fingerprint density at radius 1 is 1.09 bits per heavy atom. The van der Waals surface area contributed by atoms with E-state index < -0.39 is 0 Å². The third-order valence-electron chi connectivity index (χ3n) is 5.63. The number of benzene rings is 1. The number of aromatic nitrogens is 3. The van der Waals surface area contributed by atoms with Gasteiger partial charge < -0.3 is 24.5 Å². The van der Waals surface area contributed by atoms with Crippen molar-refractivity contribution in [2.45, 2.75) is 57.9 Å². The van der Waals surface area contributed by atoms with Crippen molar-refractivity contribution in [1.29, 1.82) is 0 Å². The molecule has 2 aromatic heterocycles. The molecule has 0 amide bonds. The van der Waals surface area contributed by atoms with Crippen LogP contribution in [-0.4, -0.2) is 28.1 Å². The fraction of sp³-hybridized carbons (Fsp3) is 0.417. The van der Waals surface area contributed by atoms with E-state index in [1.165, 1.54) is 25.2 Å². The summed E-state index contributed by atoms with van der Waals surface area (Å²) in [5.74, 6) is 1.67. The molecule has 2 N–H and O–H groups in total. The molecule has 1 aromatic carbocycles. The van der Waals surface area contributed by atoms with Crippen LogP contribution in [0.1, 0.15) is 51.2 Å². The second-order valence-corrected chi connectivity index (χ2v) is 8.47. The van der Waals surface area contributed by atoms with E-state index >= 15 is 0 Å². The van der Waals surface area contributed by atoms with Gasteiger partial charge in [0.1, 0.15) is 11.5 Å². The lowest BCUT2D eigenvalue weighted by molar-refractivity contribution is 0.389. The van der Waals surface area contributed by atoms with Gasteiger partial charge >= 0.3 is 6.01 Å².